The van der Waals surface area contributed by atoms with Gasteiger partial charge < -0.3 is 0 Å². The SMILES string of the molecule is CN1NC(c2ccccc2)NN1C. The average Bonchev–Trinajstić information content (AvgIpc) is 2.49. The highest BCUT2D eigenvalue weighted by atomic mass is 16.0. The summed E-state index contributed by atoms with van der Waals surface area (Å²) in [5, 5.41) is 3.83. The molecule has 0 bridgehead atoms. The number of nitrogens with one attached hydrogen (secondary N) is 2. The van der Waals surface area contributed by atoms with E-state index in [4.69, 9.17) is 0 Å². The van der Waals surface area contributed by atoms with Gasteiger partial charge in [-0.2, -0.15) is 10.2 Å². The predicted molar refractivity (Wildman–Crippen MR) is 51.0 cm³/mol. The standard InChI is InChI=1S/C9H14N4/c1-12-10-9(11-13(12)2)8-6-4-3-5-7-8/h3-7,9-11H,1-2H3. The van der Waals surface area contributed by atoms with Gasteiger partial charge >= 0.3 is 0 Å². The van der Waals surface area contributed by atoms with Gasteiger partial charge in [-0.05, 0) is 5.56 Å². The molecule has 1 aromatic carbocycles. The normalized spacial score (nSPS) is 21.1. The zero-order chi connectivity index (χ0) is 9.26. The molecule has 4 nitrogen and oxygen atoms in total. The molecule has 1 heterocycles. The molecule has 1 aromatic rings. The molecule has 1 fully saturated rings. The summed E-state index contributed by atoms with van der Waals surface area (Å²) in [5.41, 5.74) is 7.77. The van der Waals surface area contributed by atoms with Crippen molar-refractivity contribution in [1.82, 2.24) is 21.1 Å². The van der Waals surface area contributed by atoms with E-state index in [1.165, 1.54) is 5.56 Å². The van der Waals surface area contributed by atoms with E-state index >= 15 is 0 Å². The number of benzene rings is 1. The van der Waals surface area contributed by atoms with Gasteiger partial charge in [0.25, 0.3) is 0 Å². The Morgan fingerprint density at radius 3 is 2.08 bits per heavy atom. The first kappa shape index (κ1) is 8.65. The van der Waals surface area contributed by atoms with Gasteiger partial charge in [-0.1, -0.05) is 30.3 Å². The molecule has 0 aliphatic carbocycles. The summed E-state index contributed by atoms with van der Waals surface area (Å²) in [5.74, 6) is 0. The van der Waals surface area contributed by atoms with Crippen LogP contribution in [0.5, 0.6) is 0 Å². The van der Waals surface area contributed by atoms with Crippen molar-refractivity contribution in [3.05, 3.63) is 35.9 Å². The fraction of sp³-hybridized carbons (Fsp3) is 0.333. The molecule has 0 radical (unpaired) electrons. The van der Waals surface area contributed by atoms with Crippen LogP contribution in [0, 0.1) is 0 Å². The first-order chi connectivity index (χ1) is 6.27. The molecular weight excluding hydrogens is 164 g/mol. The van der Waals surface area contributed by atoms with Crippen LogP contribution in [-0.4, -0.2) is 24.3 Å². The molecule has 1 aliphatic heterocycles. The molecular formula is C9H14N4. The molecule has 1 saturated heterocycles. The molecule has 0 amide bonds. The van der Waals surface area contributed by atoms with Crippen LogP contribution in [-0.2, 0) is 0 Å². The van der Waals surface area contributed by atoms with Crippen molar-refractivity contribution in [2.45, 2.75) is 6.17 Å². The fourth-order valence-corrected chi connectivity index (χ4v) is 1.37. The Morgan fingerprint density at radius 2 is 1.54 bits per heavy atom. The Hall–Kier alpha value is -0.940. The van der Waals surface area contributed by atoms with Crippen molar-refractivity contribution < 1.29 is 0 Å². The quantitative estimate of drug-likeness (QED) is 0.655. The van der Waals surface area contributed by atoms with Crippen molar-refractivity contribution in [2.75, 3.05) is 14.1 Å². The highest BCUT2D eigenvalue weighted by Gasteiger charge is 2.23. The lowest BCUT2D eigenvalue weighted by molar-refractivity contribution is 0.0125. The summed E-state index contributed by atoms with van der Waals surface area (Å²) >= 11 is 0. The van der Waals surface area contributed by atoms with Gasteiger partial charge in [-0.3, -0.25) is 0 Å². The second-order valence-corrected chi connectivity index (χ2v) is 3.15. The summed E-state index contributed by atoms with van der Waals surface area (Å²) in [6, 6.07) is 10.3. The van der Waals surface area contributed by atoms with E-state index in [0.29, 0.717) is 0 Å². The second kappa shape index (κ2) is 3.43. The zero-order valence-corrected chi connectivity index (χ0v) is 7.86. The Morgan fingerprint density at radius 1 is 1.00 bits per heavy atom. The number of nitrogens with zero attached hydrogens (tertiary/aromatic N) is 2. The molecule has 2 N–H and O–H groups in total. The van der Waals surface area contributed by atoms with Crippen molar-refractivity contribution in [2.24, 2.45) is 0 Å². The van der Waals surface area contributed by atoms with Gasteiger partial charge in [0, 0.05) is 14.1 Å². The summed E-state index contributed by atoms with van der Waals surface area (Å²) < 4.78 is 0. The average molecular weight is 178 g/mol. The predicted octanol–water partition coefficient (Wildman–Crippen LogP) is 0.487. The van der Waals surface area contributed by atoms with Crippen LogP contribution >= 0.6 is 0 Å². The maximum absolute atomic E-state index is 3.27. The molecule has 2 rings (SSSR count). The van der Waals surface area contributed by atoms with E-state index in [0.717, 1.165) is 0 Å². The smallest absolute Gasteiger partial charge is 0.112 e. The second-order valence-electron chi connectivity index (χ2n) is 3.15. The van der Waals surface area contributed by atoms with E-state index < -0.39 is 0 Å². The molecule has 0 saturated carbocycles. The Labute approximate surface area is 78.1 Å². The van der Waals surface area contributed by atoms with Crippen LogP contribution in [0.2, 0.25) is 0 Å². The third-order valence-corrected chi connectivity index (χ3v) is 2.21. The van der Waals surface area contributed by atoms with E-state index in [2.05, 4.69) is 23.0 Å². The van der Waals surface area contributed by atoms with Crippen LogP contribution in [0.15, 0.2) is 30.3 Å². The van der Waals surface area contributed by atoms with Crippen LogP contribution in [0.4, 0.5) is 0 Å². The molecule has 1 aliphatic rings. The number of hydrogen-bond acceptors (Lipinski definition) is 4. The van der Waals surface area contributed by atoms with Crippen LogP contribution in [0.25, 0.3) is 0 Å². The molecule has 4 heteroatoms. The van der Waals surface area contributed by atoms with Crippen LogP contribution in [0.1, 0.15) is 11.7 Å². The largest absolute Gasteiger partial charge is 0.218 e. The van der Waals surface area contributed by atoms with Gasteiger partial charge in [0.15, 0.2) is 0 Å². The van der Waals surface area contributed by atoms with E-state index in [1.807, 2.05) is 42.5 Å². The lowest BCUT2D eigenvalue weighted by Gasteiger charge is -2.15. The Balaban J connectivity index is 2.12. The first-order valence-electron chi connectivity index (χ1n) is 4.32. The van der Waals surface area contributed by atoms with Crippen molar-refractivity contribution in [3.63, 3.8) is 0 Å². The van der Waals surface area contributed by atoms with Gasteiger partial charge in [0.05, 0.1) is 0 Å². The summed E-state index contributed by atoms with van der Waals surface area (Å²) in [7, 11) is 3.94. The number of rotatable bonds is 1. The first-order valence-corrected chi connectivity index (χ1v) is 4.32. The van der Waals surface area contributed by atoms with E-state index in [-0.39, 0.29) is 6.17 Å². The summed E-state index contributed by atoms with van der Waals surface area (Å²) in [4.78, 5) is 0. The van der Waals surface area contributed by atoms with Gasteiger partial charge in [-0.15, -0.1) is 0 Å². The fourth-order valence-electron chi connectivity index (χ4n) is 1.37. The number of hydrogen-bond donors (Lipinski definition) is 2. The van der Waals surface area contributed by atoms with E-state index in [9.17, 15) is 0 Å². The monoisotopic (exact) mass is 178 g/mol. The third-order valence-electron chi connectivity index (χ3n) is 2.21. The van der Waals surface area contributed by atoms with Crippen LogP contribution < -0.4 is 10.9 Å². The van der Waals surface area contributed by atoms with Gasteiger partial charge in [0.2, 0.25) is 0 Å². The lowest BCUT2D eigenvalue weighted by Crippen LogP contribution is -2.38. The van der Waals surface area contributed by atoms with Crippen molar-refractivity contribution in [3.8, 4) is 0 Å². The Bertz CT molecular complexity index is 264. The van der Waals surface area contributed by atoms with Crippen LogP contribution in [0.3, 0.4) is 0 Å². The molecule has 0 aromatic heterocycles. The van der Waals surface area contributed by atoms with Gasteiger partial charge in [-0.25, -0.2) is 10.9 Å². The summed E-state index contributed by atoms with van der Waals surface area (Å²) in [6.45, 7) is 0. The molecule has 0 spiro atoms. The topological polar surface area (TPSA) is 30.5 Å². The van der Waals surface area contributed by atoms with Gasteiger partial charge in [0.1, 0.15) is 6.17 Å². The molecule has 13 heavy (non-hydrogen) atoms. The minimum absolute atomic E-state index is 0.177. The molecule has 70 valence electrons. The van der Waals surface area contributed by atoms with E-state index in [1.54, 1.807) is 0 Å². The maximum atomic E-state index is 3.27. The Kier molecular flexibility index (Phi) is 2.28. The highest BCUT2D eigenvalue weighted by Crippen LogP contribution is 2.14. The number of hydrazine groups is 3. The summed E-state index contributed by atoms with van der Waals surface area (Å²) in [6.07, 6.45) is 0.177. The lowest BCUT2D eigenvalue weighted by atomic mass is 10.2. The maximum Gasteiger partial charge on any atom is 0.112 e. The van der Waals surface area contributed by atoms with Crippen molar-refractivity contribution in [1.29, 1.82) is 0 Å². The highest BCUT2D eigenvalue weighted by molar-refractivity contribution is 5.18. The van der Waals surface area contributed by atoms with Crippen molar-refractivity contribution >= 4 is 0 Å². The minimum atomic E-state index is 0.177. The minimum Gasteiger partial charge on any atom is -0.218 e. The third kappa shape index (κ3) is 1.71. The molecule has 0 unspecified atom stereocenters. The molecule has 0 atom stereocenters. The zero-order valence-electron chi connectivity index (χ0n) is 7.86.